The number of nitrogens with zero attached hydrogens (tertiary/aromatic N) is 4. The third kappa shape index (κ3) is 3.44. The molecule has 0 aliphatic heterocycles. The Balaban J connectivity index is 1.78. The maximum atomic E-state index is 9.59. The van der Waals surface area contributed by atoms with E-state index >= 15 is 0 Å². The predicted molar refractivity (Wildman–Crippen MR) is 104 cm³/mol. The van der Waals surface area contributed by atoms with Crippen LogP contribution in [0.2, 0.25) is 5.02 Å². The molecule has 3 heterocycles. The molecule has 0 radical (unpaired) electrons. The number of fused-ring (bicyclic) bond motifs is 1. The second-order valence-electron chi connectivity index (χ2n) is 6.21. The molecule has 0 spiro atoms. The number of benzene rings is 1. The number of halogens is 1. The van der Waals surface area contributed by atoms with Gasteiger partial charge in [-0.15, -0.1) is 0 Å². The highest BCUT2D eigenvalue weighted by Crippen LogP contribution is 2.29. The first-order valence-corrected chi connectivity index (χ1v) is 9.09. The summed E-state index contributed by atoms with van der Waals surface area (Å²) in [6, 6.07) is 13.3. The van der Waals surface area contributed by atoms with E-state index in [0.29, 0.717) is 11.6 Å². The normalized spacial score (nSPS) is 11.0. The van der Waals surface area contributed by atoms with Crippen molar-refractivity contribution in [3.8, 4) is 11.3 Å². The van der Waals surface area contributed by atoms with E-state index in [2.05, 4.69) is 17.3 Å². The average molecular weight is 381 g/mol. The number of hydrogen-bond donors (Lipinski definition) is 2. The maximum absolute atomic E-state index is 9.59. The first-order chi connectivity index (χ1) is 13.2. The maximum Gasteiger partial charge on any atom is 0.227 e. The van der Waals surface area contributed by atoms with Gasteiger partial charge in [-0.05, 0) is 18.6 Å². The van der Waals surface area contributed by atoms with Crippen LogP contribution in [-0.4, -0.2) is 19.8 Å². The van der Waals surface area contributed by atoms with E-state index in [1.165, 1.54) is 0 Å². The van der Waals surface area contributed by atoms with Gasteiger partial charge in [0.25, 0.3) is 0 Å². The van der Waals surface area contributed by atoms with Crippen LogP contribution in [0, 0.1) is 0 Å². The van der Waals surface area contributed by atoms with Crippen LogP contribution in [0.5, 0.6) is 0 Å². The molecule has 0 aliphatic rings. The highest BCUT2D eigenvalue weighted by molar-refractivity contribution is 6.33. The van der Waals surface area contributed by atoms with Crippen molar-refractivity contribution in [3.05, 3.63) is 77.2 Å². The number of rotatable bonds is 5. The average Bonchev–Trinajstić information content (AvgIpc) is 3.09. The molecular formula is C20H19ClN5O+. The number of nitrogens with one attached hydrogen (secondary N) is 1. The standard InChI is InChI=1S/C20H19ClN5O/c1-2-15-12-23-26-19(22-11-14-6-5-9-25(27)13-14)10-18(24-20(15)26)16-7-3-4-8-17(16)21/h3-10,12-13,22,27H,2,11H2,1H3/q+1. The second-order valence-corrected chi connectivity index (χ2v) is 6.62. The zero-order valence-electron chi connectivity index (χ0n) is 14.8. The number of aryl methyl sites for hydroxylation is 1. The molecule has 0 atom stereocenters. The summed E-state index contributed by atoms with van der Waals surface area (Å²) in [6.45, 7) is 2.61. The van der Waals surface area contributed by atoms with E-state index in [1.54, 1.807) is 23.0 Å². The van der Waals surface area contributed by atoms with E-state index in [-0.39, 0.29) is 0 Å². The lowest BCUT2D eigenvalue weighted by molar-refractivity contribution is -0.905. The molecule has 1 aromatic carbocycles. The van der Waals surface area contributed by atoms with Crippen LogP contribution in [-0.2, 0) is 13.0 Å². The van der Waals surface area contributed by atoms with E-state index < -0.39 is 0 Å². The van der Waals surface area contributed by atoms with E-state index in [0.717, 1.165) is 45.0 Å². The summed E-state index contributed by atoms with van der Waals surface area (Å²) >= 11 is 6.39. The van der Waals surface area contributed by atoms with Gasteiger partial charge in [0.15, 0.2) is 5.65 Å². The molecule has 3 aromatic heterocycles. The summed E-state index contributed by atoms with van der Waals surface area (Å²) in [4.78, 5) is 4.80. The molecule has 7 heteroatoms. The van der Waals surface area contributed by atoms with Gasteiger partial charge in [0, 0.05) is 45.1 Å². The molecule has 0 amide bonds. The lowest BCUT2D eigenvalue weighted by Crippen LogP contribution is -2.29. The molecule has 0 saturated carbocycles. The fourth-order valence-corrected chi connectivity index (χ4v) is 3.23. The predicted octanol–water partition coefficient (Wildman–Crippen LogP) is 3.75. The van der Waals surface area contributed by atoms with E-state index in [4.69, 9.17) is 16.6 Å². The monoisotopic (exact) mass is 380 g/mol. The van der Waals surface area contributed by atoms with Gasteiger partial charge in [-0.25, -0.2) is 4.98 Å². The Morgan fingerprint density at radius 3 is 2.85 bits per heavy atom. The van der Waals surface area contributed by atoms with Crippen LogP contribution in [0.1, 0.15) is 18.1 Å². The molecule has 0 bridgehead atoms. The third-order valence-corrected chi connectivity index (χ3v) is 4.73. The van der Waals surface area contributed by atoms with Gasteiger partial charge in [0.1, 0.15) is 5.82 Å². The molecule has 136 valence electrons. The van der Waals surface area contributed by atoms with Gasteiger partial charge in [0.05, 0.1) is 11.9 Å². The fourth-order valence-electron chi connectivity index (χ4n) is 3.00. The van der Waals surface area contributed by atoms with Crippen molar-refractivity contribution in [2.45, 2.75) is 19.9 Å². The fraction of sp³-hybridized carbons (Fsp3) is 0.150. The Kier molecular flexibility index (Phi) is 4.64. The van der Waals surface area contributed by atoms with Crippen molar-refractivity contribution >= 4 is 23.1 Å². The summed E-state index contributed by atoms with van der Waals surface area (Å²) in [5, 5.41) is 18.1. The first-order valence-electron chi connectivity index (χ1n) is 8.71. The molecule has 0 fully saturated rings. The zero-order valence-corrected chi connectivity index (χ0v) is 15.6. The lowest BCUT2D eigenvalue weighted by atomic mass is 10.1. The molecule has 0 unspecified atom stereocenters. The van der Waals surface area contributed by atoms with Crippen LogP contribution in [0.4, 0.5) is 5.82 Å². The first kappa shape index (κ1) is 17.3. The molecule has 6 nitrogen and oxygen atoms in total. The largest absolute Gasteiger partial charge is 0.366 e. The van der Waals surface area contributed by atoms with Crippen molar-refractivity contribution in [1.29, 1.82) is 0 Å². The Morgan fingerprint density at radius 2 is 2.07 bits per heavy atom. The van der Waals surface area contributed by atoms with Crippen molar-refractivity contribution in [2.75, 3.05) is 5.32 Å². The van der Waals surface area contributed by atoms with Crippen LogP contribution < -0.4 is 10.0 Å². The molecular weight excluding hydrogens is 362 g/mol. The molecule has 4 aromatic rings. The molecule has 27 heavy (non-hydrogen) atoms. The Bertz CT molecular complexity index is 1110. The third-order valence-electron chi connectivity index (χ3n) is 4.40. The number of anilines is 1. The van der Waals surface area contributed by atoms with Crippen LogP contribution in [0.3, 0.4) is 0 Å². The van der Waals surface area contributed by atoms with Crippen molar-refractivity contribution in [3.63, 3.8) is 0 Å². The summed E-state index contributed by atoms with van der Waals surface area (Å²) < 4.78 is 2.84. The minimum absolute atomic E-state index is 0.532. The minimum atomic E-state index is 0.532. The topological polar surface area (TPSA) is 66.3 Å². The zero-order chi connectivity index (χ0) is 18.8. The Hall–Kier alpha value is -3.12. The van der Waals surface area contributed by atoms with Crippen LogP contribution >= 0.6 is 11.6 Å². The summed E-state index contributed by atoms with van der Waals surface area (Å²) in [7, 11) is 0. The van der Waals surface area contributed by atoms with E-state index in [1.807, 2.05) is 42.6 Å². The van der Waals surface area contributed by atoms with E-state index in [9.17, 15) is 5.21 Å². The van der Waals surface area contributed by atoms with Gasteiger partial charge in [0.2, 0.25) is 12.4 Å². The second kappa shape index (κ2) is 7.25. The van der Waals surface area contributed by atoms with Crippen molar-refractivity contribution in [1.82, 2.24) is 14.6 Å². The van der Waals surface area contributed by atoms with Gasteiger partial charge < -0.3 is 5.32 Å². The molecule has 4 rings (SSSR count). The SMILES string of the molecule is CCc1cnn2c(NCc3ccc[n+](O)c3)cc(-c3ccccc3Cl)nc12. The van der Waals surface area contributed by atoms with Crippen molar-refractivity contribution < 1.29 is 9.94 Å². The Labute approximate surface area is 161 Å². The molecule has 0 saturated heterocycles. The lowest BCUT2D eigenvalue weighted by Gasteiger charge is -2.11. The Morgan fingerprint density at radius 1 is 1.22 bits per heavy atom. The van der Waals surface area contributed by atoms with Gasteiger partial charge in [-0.1, -0.05) is 36.7 Å². The summed E-state index contributed by atoms with van der Waals surface area (Å²) in [6.07, 6.45) is 5.91. The van der Waals surface area contributed by atoms with Gasteiger partial charge >= 0.3 is 0 Å². The number of hydrogen-bond acceptors (Lipinski definition) is 4. The number of pyridine rings is 1. The molecule has 0 aliphatic carbocycles. The quantitative estimate of drug-likeness (QED) is 0.409. The minimum Gasteiger partial charge on any atom is -0.366 e. The molecule has 2 N–H and O–H groups in total. The summed E-state index contributed by atoms with van der Waals surface area (Å²) in [5.41, 5.74) is 4.48. The van der Waals surface area contributed by atoms with Crippen LogP contribution in [0.25, 0.3) is 16.9 Å². The smallest absolute Gasteiger partial charge is 0.227 e. The number of aromatic nitrogens is 4. The van der Waals surface area contributed by atoms with Gasteiger partial charge in [-0.2, -0.15) is 9.61 Å². The van der Waals surface area contributed by atoms with Crippen molar-refractivity contribution in [2.24, 2.45) is 0 Å². The van der Waals surface area contributed by atoms with Gasteiger partial charge in [-0.3, -0.25) is 5.21 Å². The highest BCUT2D eigenvalue weighted by Gasteiger charge is 2.14. The van der Waals surface area contributed by atoms with Crippen LogP contribution in [0.15, 0.2) is 61.1 Å². The summed E-state index contributed by atoms with van der Waals surface area (Å²) in [5.74, 6) is 0.808. The highest BCUT2D eigenvalue weighted by atomic mass is 35.5.